The Balaban J connectivity index is 2.27. The molecule has 88 valence electrons. The van der Waals surface area contributed by atoms with Gasteiger partial charge < -0.3 is 10.4 Å². The highest BCUT2D eigenvalue weighted by atomic mass is 32.2. The van der Waals surface area contributed by atoms with E-state index in [0.717, 1.165) is 12.2 Å². The van der Waals surface area contributed by atoms with Gasteiger partial charge in [-0.15, -0.1) is 11.8 Å². The number of hydrogen-bond acceptors (Lipinski definition) is 3. The number of thioether (sulfide) groups is 1. The average molecular weight is 243 g/mol. The molecule has 1 fully saturated rings. The van der Waals surface area contributed by atoms with E-state index in [-0.39, 0.29) is 5.25 Å². The third-order valence-electron chi connectivity index (χ3n) is 2.07. The van der Waals surface area contributed by atoms with Crippen LogP contribution in [-0.4, -0.2) is 40.8 Å². The second-order valence-corrected chi connectivity index (χ2v) is 4.61. The number of rotatable bonds is 3. The zero-order valence-electron chi connectivity index (χ0n) is 7.88. The van der Waals surface area contributed by atoms with E-state index < -0.39 is 24.7 Å². The summed E-state index contributed by atoms with van der Waals surface area (Å²) < 4.78 is 35.6. The van der Waals surface area contributed by atoms with Crippen LogP contribution in [0.4, 0.5) is 13.2 Å². The van der Waals surface area contributed by atoms with Gasteiger partial charge in [0.05, 0.1) is 11.8 Å². The molecule has 0 aromatic rings. The smallest absolute Gasteiger partial charge is 0.382 e. The Labute approximate surface area is 89.4 Å². The van der Waals surface area contributed by atoms with Crippen molar-refractivity contribution in [3.05, 3.63) is 0 Å². The first-order valence-corrected chi connectivity index (χ1v) is 5.60. The van der Waals surface area contributed by atoms with Crippen LogP contribution >= 0.6 is 11.8 Å². The predicted octanol–water partition coefficient (Wildman–Crippen LogP) is 0.921. The van der Waals surface area contributed by atoms with Crippen LogP contribution in [0.2, 0.25) is 0 Å². The fourth-order valence-corrected chi connectivity index (χ4v) is 2.40. The molecule has 0 saturated carbocycles. The van der Waals surface area contributed by atoms with Gasteiger partial charge in [-0.1, -0.05) is 0 Å². The minimum Gasteiger partial charge on any atom is -0.382 e. The number of nitrogens with one attached hydrogen (secondary N) is 1. The molecule has 0 radical (unpaired) electrons. The van der Waals surface area contributed by atoms with Crippen molar-refractivity contribution in [1.82, 2.24) is 5.32 Å². The number of aliphatic hydroxyl groups excluding tert-OH is 1. The van der Waals surface area contributed by atoms with Crippen molar-refractivity contribution in [2.75, 3.05) is 12.3 Å². The van der Waals surface area contributed by atoms with E-state index in [0.29, 0.717) is 6.42 Å². The van der Waals surface area contributed by atoms with Crippen molar-refractivity contribution in [1.29, 1.82) is 0 Å². The lowest BCUT2D eigenvalue weighted by molar-refractivity contribution is -0.201. The van der Waals surface area contributed by atoms with Crippen molar-refractivity contribution < 1.29 is 23.1 Å². The summed E-state index contributed by atoms with van der Waals surface area (Å²) in [4.78, 5) is 11.3. The summed E-state index contributed by atoms with van der Waals surface area (Å²) in [5, 5.41) is 10.5. The first kappa shape index (κ1) is 12.6. The summed E-state index contributed by atoms with van der Waals surface area (Å²) in [6.07, 6.45) is -5.55. The Morgan fingerprint density at radius 3 is 2.73 bits per heavy atom. The maximum Gasteiger partial charge on any atom is 0.416 e. The maximum atomic E-state index is 11.9. The molecule has 0 spiro atoms. The Morgan fingerprint density at radius 1 is 1.60 bits per heavy atom. The quantitative estimate of drug-likeness (QED) is 0.775. The molecule has 0 aromatic heterocycles. The van der Waals surface area contributed by atoms with E-state index in [9.17, 15) is 18.0 Å². The second-order valence-electron chi connectivity index (χ2n) is 3.30. The zero-order valence-corrected chi connectivity index (χ0v) is 8.70. The minimum absolute atomic E-state index is 0.259. The van der Waals surface area contributed by atoms with Gasteiger partial charge in [0.1, 0.15) is 0 Å². The van der Waals surface area contributed by atoms with Gasteiger partial charge in [-0.25, -0.2) is 0 Å². The van der Waals surface area contributed by atoms with Gasteiger partial charge in [-0.05, 0) is 18.6 Å². The molecule has 2 N–H and O–H groups in total. The first-order chi connectivity index (χ1) is 6.91. The molecule has 15 heavy (non-hydrogen) atoms. The molecule has 0 aromatic carbocycles. The third kappa shape index (κ3) is 3.90. The van der Waals surface area contributed by atoms with Crippen LogP contribution in [0.25, 0.3) is 0 Å². The summed E-state index contributed by atoms with van der Waals surface area (Å²) in [6.45, 7) is -0.764. The second kappa shape index (κ2) is 5.07. The Morgan fingerprint density at radius 2 is 2.27 bits per heavy atom. The zero-order chi connectivity index (χ0) is 11.5. The molecule has 1 rings (SSSR count). The molecule has 7 heteroatoms. The van der Waals surface area contributed by atoms with E-state index >= 15 is 0 Å². The van der Waals surface area contributed by atoms with Crippen LogP contribution in [0.15, 0.2) is 0 Å². The van der Waals surface area contributed by atoms with E-state index in [4.69, 9.17) is 5.11 Å². The van der Waals surface area contributed by atoms with Crippen molar-refractivity contribution in [2.45, 2.75) is 30.4 Å². The van der Waals surface area contributed by atoms with E-state index in [1.165, 1.54) is 11.8 Å². The molecule has 1 amide bonds. The van der Waals surface area contributed by atoms with Crippen molar-refractivity contribution in [3.8, 4) is 0 Å². The molecular formula is C8H12F3NO2S. The number of aliphatic hydroxyl groups is 1. The molecule has 1 saturated heterocycles. The Bertz CT molecular complexity index is 228. The summed E-state index contributed by atoms with van der Waals surface area (Å²) >= 11 is 1.43. The third-order valence-corrected chi connectivity index (χ3v) is 3.45. The molecule has 1 aliphatic rings. The Kier molecular flexibility index (Phi) is 4.27. The standard InChI is InChI=1S/C8H12F3NO2S/c9-8(10,11)6(13)4-12-7(14)5-2-1-3-15-5/h5-6,13H,1-4H2,(H,12,14). The molecule has 0 aliphatic carbocycles. The first-order valence-electron chi connectivity index (χ1n) is 4.55. The van der Waals surface area contributed by atoms with Crippen molar-refractivity contribution in [3.63, 3.8) is 0 Å². The summed E-state index contributed by atoms with van der Waals surface area (Å²) in [6, 6.07) is 0. The normalized spacial score (nSPS) is 23.9. The van der Waals surface area contributed by atoms with Gasteiger partial charge in [0.15, 0.2) is 6.10 Å². The summed E-state index contributed by atoms with van der Waals surface area (Å²) in [5.41, 5.74) is 0. The lowest BCUT2D eigenvalue weighted by Crippen LogP contribution is -2.43. The van der Waals surface area contributed by atoms with Crippen LogP contribution in [0.1, 0.15) is 12.8 Å². The SMILES string of the molecule is O=C(NCC(O)C(F)(F)F)C1CCCS1. The molecule has 3 nitrogen and oxygen atoms in total. The van der Waals surface area contributed by atoms with E-state index in [1.54, 1.807) is 0 Å². The molecule has 1 heterocycles. The highest BCUT2D eigenvalue weighted by Crippen LogP contribution is 2.26. The molecule has 0 bridgehead atoms. The number of halogens is 3. The lowest BCUT2D eigenvalue weighted by atomic mass is 10.2. The highest BCUT2D eigenvalue weighted by Gasteiger charge is 2.38. The van der Waals surface area contributed by atoms with Crippen LogP contribution in [-0.2, 0) is 4.79 Å². The van der Waals surface area contributed by atoms with Crippen LogP contribution in [0, 0.1) is 0 Å². The van der Waals surface area contributed by atoms with Crippen LogP contribution < -0.4 is 5.32 Å². The van der Waals surface area contributed by atoms with Gasteiger partial charge in [0.2, 0.25) is 5.91 Å². The number of alkyl halides is 3. The van der Waals surface area contributed by atoms with Crippen molar-refractivity contribution in [2.24, 2.45) is 0 Å². The minimum atomic E-state index is -4.67. The van der Waals surface area contributed by atoms with Gasteiger partial charge in [0.25, 0.3) is 0 Å². The van der Waals surface area contributed by atoms with E-state index in [2.05, 4.69) is 5.32 Å². The van der Waals surface area contributed by atoms with E-state index in [1.807, 2.05) is 0 Å². The van der Waals surface area contributed by atoms with Crippen LogP contribution in [0.3, 0.4) is 0 Å². The van der Waals surface area contributed by atoms with Crippen molar-refractivity contribution >= 4 is 17.7 Å². The number of carbonyl (C=O) groups excluding carboxylic acids is 1. The average Bonchev–Trinajstić information content (AvgIpc) is 2.64. The summed E-state index contributed by atoms with van der Waals surface area (Å²) in [5.74, 6) is 0.445. The maximum absolute atomic E-state index is 11.9. The topological polar surface area (TPSA) is 49.3 Å². The molecular weight excluding hydrogens is 231 g/mol. The lowest BCUT2D eigenvalue weighted by Gasteiger charge is -2.16. The molecule has 2 unspecified atom stereocenters. The number of amides is 1. The monoisotopic (exact) mass is 243 g/mol. The number of carbonyl (C=O) groups is 1. The van der Waals surface area contributed by atoms with Gasteiger partial charge in [-0.2, -0.15) is 13.2 Å². The molecule has 1 aliphatic heterocycles. The fraction of sp³-hybridized carbons (Fsp3) is 0.875. The predicted molar refractivity (Wildman–Crippen MR) is 50.6 cm³/mol. The fourth-order valence-electron chi connectivity index (χ4n) is 1.21. The van der Waals surface area contributed by atoms with Crippen LogP contribution in [0.5, 0.6) is 0 Å². The largest absolute Gasteiger partial charge is 0.416 e. The molecule has 2 atom stereocenters. The Hall–Kier alpha value is -0.430. The number of hydrogen-bond donors (Lipinski definition) is 2. The summed E-state index contributed by atoms with van der Waals surface area (Å²) in [7, 11) is 0. The highest BCUT2D eigenvalue weighted by molar-refractivity contribution is 8.00. The van der Waals surface area contributed by atoms with Gasteiger partial charge in [0, 0.05) is 0 Å². The van der Waals surface area contributed by atoms with Gasteiger partial charge >= 0.3 is 6.18 Å². The van der Waals surface area contributed by atoms with Gasteiger partial charge in [-0.3, -0.25) is 4.79 Å².